The van der Waals surface area contributed by atoms with Crippen molar-refractivity contribution in [3.05, 3.63) is 58.1 Å². The first-order valence-corrected chi connectivity index (χ1v) is 8.31. The lowest BCUT2D eigenvalue weighted by Gasteiger charge is -2.13. The Kier molecular flexibility index (Phi) is 4.71. The highest BCUT2D eigenvalue weighted by Gasteiger charge is 2.23. The first-order chi connectivity index (χ1) is 12.5. The van der Waals surface area contributed by atoms with Crippen molar-refractivity contribution in [2.75, 3.05) is 6.61 Å². The number of carbonyl (C=O) groups excluding carboxylic acids is 2. The van der Waals surface area contributed by atoms with Crippen molar-refractivity contribution in [2.45, 2.75) is 26.8 Å². The van der Waals surface area contributed by atoms with Gasteiger partial charge in [-0.25, -0.2) is 14.2 Å². The molecule has 1 aromatic carbocycles. The van der Waals surface area contributed by atoms with Gasteiger partial charge in [-0.2, -0.15) is 0 Å². The Morgan fingerprint density at radius 3 is 2.62 bits per heavy atom. The van der Waals surface area contributed by atoms with Crippen molar-refractivity contribution < 1.29 is 14.3 Å². The van der Waals surface area contributed by atoms with E-state index in [4.69, 9.17) is 4.74 Å². The molecule has 0 fully saturated rings. The van der Waals surface area contributed by atoms with Gasteiger partial charge in [0.2, 0.25) is 5.78 Å². The predicted molar refractivity (Wildman–Crippen MR) is 96.4 cm³/mol. The van der Waals surface area contributed by atoms with Gasteiger partial charge >= 0.3 is 5.97 Å². The van der Waals surface area contributed by atoms with Crippen LogP contribution in [0.2, 0.25) is 0 Å². The number of hydrogen-bond acceptors (Lipinski definition) is 5. The van der Waals surface area contributed by atoms with E-state index in [0.29, 0.717) is 17.2 Å². The lowest BCUT2D eigenvalue weighted by molar-refractivity contribution is -0.110. The molecule has 0 amide bonds. The molecule has 2 aromatic heterocycles. The van der Waals surface area contributed by atoms with Gasteiger partial charge in [0.1, 0.15) is 11.8 Å². The number of rotatable bonds is 5. The molecule has 0 aliphatic rings. The molecule has 0 spiro atoms. The van der Waals surface area contributed by atoms with Crippen LogP contribution in [0.3, 0.4) is 0 Å². The average molecular weight is 353 g/mol. The minimum Gasteiger partial charge on any atom is -0.462 e. The first-order valence-electron chi connectivity index (χ1n) is 8.31. The maximum absolute atomic E-state index is 12.9. The van der Waals surface area contributed by atoms with Crippen LogP contribution in [0, 0.1) is 6.92 Å². The van der Waals surface area contributed by atoms with E-state index in [1.54, 1.807) is 20.8 Å². The molecule has 134 valence electrons. The first kappa shape index (κ1) is 17.6. The summed E-state index contributed by atoms with van der Waals surface area (Å²) in [6, 6.07) is 8.82. The van der Waals surface area contributed by atoms with E-state index < -0.39 is 17.6 Å². The SMILES string of the molecule is CCOC(=O)c1cn(C(C)C=O)c2nc(-c3ccccc3)c(C)n2c1=O. The molecule has 26 heavy (non-hydrogen) atoms. The molecule has 0 saturated carbocycles. The fourth-order valence-electron chi connectivity index (χ4n) is 2.86. The predicted octanol–water partition coefficient (Wildman–Crippen LogP) is 2.41. The Labute approximate surface area is 149 Å². The summed E-state index contributed by atoms with van der Waals surface area (Å²) in [5.74, 6) is -0.417. The number of fused-ring (bicyclic) bond motifs is 1. The highest BCUT2D eigenvalue weighted by Crippen LogP contribution is 2.24. The molecule has 0 bridgehead atoms. The topological polar surface area (TPSA) is 82.7 Å². The minimum atomic E-state index is -0.722. The van der Waals surface area contributed by atoms with E-state index in [1.165, 1.54) is 15.2 Å². The van der Waals surface area contributed by atoms with E-state index in [-0.39, 0.29) is 12.2 Å². The highest BCUT2D eigenvalue weighted by atomic mass is 16.5. The van der Waals surface area contributed by atoms with Crippen LogP contribution in [0.25, 0.3) is 17.0 Å². The third kappa shape index (κ3) is 2.81. The Bertz CT molecular complexity index is 1030. The monoisotopic (exact) mass is 353 g/mol. The summed E-state index contributed by atoms with van der Waals surface area (Å²) in [7, 11) is 0. The molecule has 3 rings (SSSR count). The second-order valence-corrected chi connectivity index (χ2v) is 5.90. The van der Waals surface area contributed by atoms with E-state index in [2.05, 4.69) is 4.98 Å². The van der Waals surface area contributed by atoms with Crippen LogP contribution in [-0.2, 0) is 9.53 Å². The fraction of sp³-hybridized carbons (Fsp3) is 0.263. The summed E-state index contributed by atoms with van der Waals surface area (Å²) in [5, 5.41) is 0. The lowest BCUT2D eigenvalue weighted by atomic mass is 10.1. The van der Waals surface area contributed by atoms with E-state index in [0.717, 1.165) is 11.8 Å². The van der Waals surface area contributed by atoms with E-state index >= 15 is 0 Å². The van der Waals surface area contributed by atoms with Crippen LogP contribution < -0.4 is 5.56 Å². The zero-order chi connectivity index (χ0) is 18.8. The third-order valence-corrected chi connectivity index (χ3v) is 4.20. The van der Waals surface area contributed by atoms with Gasteiger partial charge < -0.3 is 14.1 Å². The molecule has 7 nitrogen and oxygen atoms in total. The van der Waals surface area contributed by atoms with Gasteiger partial charge in [0.25, 0.3) is 5.56 Å². The van der Waals surface area contributed by atoms with Gasteiger partial charge in [0.15, 0.2) is 0 Å². The molecule has 3 aromatic rings. The number of aromatic nitrogens is 3. The van der Waals surface area contributed by atoms with Gasteiger partial charge in [-0.1, -0.05) is 30.3 Å². The Hall–Kier alpha value is -3.22. The standard InChI is InChI=1S/C19H19N3O4/c1-4-26-18(25)15-10-21(12(2)11-23)19-20-16(13(3)22(19)17(15)24)14-8-6-5-7-9-14/h5-12H,4H2,1-3H3. The third-order valence-electron chi connectivity index (χ3n) is 4.20. The van der Waals surface area contributed by atoms with Crippen LogP contribution in [0.4, 0.5) is 0 Å². The number of nitrogens with zero attached hydrogens (tertiary/aromatic N) is 3. The molecule has 7 heteroatoms. The van der Waals surface area contributed by atoms with Crippen LogP contribution in [0.15, 0.2) is 41.3 Å². The molecule has 0 radical (unpaired) electrons. The van der Waals surface area contributed by atoms with Gasteiger partial charge in [0.05, 0.1) is 24.0 Å². The van der Waals surface area contributed by atoms with E-state index in [9.17, 15) is 14.4 Å². The number of carbonyl (C=O) groups is 2. The summed E-state index contributed by atoms with van der Waals surface area (Å²) in [5.41, 5.74) is 1.41. The van der Waals surface area contributed by atoms with Crippen molar-refractivity contribution in [3.8, 4) is 11.3 Å². The molecular formula is C19H19N3O4. The van der Waals surface area contributed by atoms with Crippen LogP contribution in [0.5, 0.6) is 0 Å². The molecule has 0 aliphatic heterocycles. The number of aldehydes is 1. The van der Waals surface area contributed by atoms with Gasteiger partial charge in [-0.3, -0.25) is 4.79 Å². The lowest BCUT2D eigenvalue weighted by Crippen LogP contribution is -2.28. The molecule has 0 saturated heterocycles. The van der Waals surface area contributed by atoms with Crippen LogP contribution >= 0.6 is 0 Å². The van der Waals surface area contributed by atoms with Crippen molar-refractivity contribution in [1.29, 1.82) is 0 Å². The fourth-order valence-corrected chi connectivity index (χ4v) is 2.86. The maximum Gasteiger partial charge on any atom is 0.345 e. The largest absolute Gasteiger partial charge is 0.462 e. The highest BCUT2D eigenvalue weighted by molar-refractivity contribution is 5.89. The summed E-state index contributed by atoms with van der Waals surface area (Å²) in [4.78, 5) is 41.0. The summed E-state index contributed by atoms with van der Waals surface area (Å²) < 4.78 is 7.85. The van der Waals surface area contributed by atoms with Gasteiger partial charge in [-0.15, -0.1) is 0 Å². The molecule has 2 heterocycles. The molecule has 0 aliphatic carbocycles. The molecule has 1 unspecified atom stereocenters. The Morgan fingerprint density at radius 2 is 2.00 bits per heavy atom. The van der Waals surface area contributed by atoms with Gasteiger partial charge in [-0.05, 0) is 20.8 Å². The zero-order valence-corrected chi connectivity index (χ0v) is 14.8. The van der Waals surface area contributed by atoms with Crippen molar-refractivity contribution in [2.24, 2.45) is 0 Å². The van der Waals surface area contributed by atoms with Crippen molar-refractivity contribution in [3.63, 3.8) is 0 Å². The van der Waals surface area contributed by atoms with Crippen LogP contribution in [-0.4, -0.2) is 32.8 Å². The summed E-state index contributed by atoms with van der Waals surface area (Å²) in [6.07, 6.45) is 2.07. The number of hydrogen-bond donors (Lipinski definition) is 0. The number of ether oxygens (including phenoxy) is 1. The zero-order valence-electron chi connectivity index (χ0n) is 14.8. The molecular weight excluding hydrogens is 334 g/mol. The quantitative estimate of drug-likeness (QED) is 0.520. The second kappa shape index (κ2) is 6.95. The smallest absolute Gasteiger partial charge is 0.345 e. The number of imidazole rings is 1. The minimum absolute atomic E-state index is 0.131. The Morgan fingerprint density at radius 1 is 1.31 bits per heavy atom. The Balaban J connectivity index is 2.37. The summed E-state index contributed by atoms with van der Waals surface area (Å²) in [6.45, 7) is 5.24. The normalized spacial score (nSPS) is 12.1. The van der Waals surface area contributed by atoms with Crippen molar-refractivity contribution >= 4 is 18.0 Å². The molecule has 1 atom stereocenters. The number of aryl methyl sites for hydroxylation is 1. The average Bonchev–Trinajstić information content (AvgIpc) is 3.00. The maximum atomic E-state index is 12.9. The van der Waals surface area contributed by atoms with Crippen LogP contribution in [0.1, 0.15) is 35.9 Å². The summed E-state index contributed by atoms with van der Waals surface area (Å²) >= 11 is 0. The van der Waals surface area contributed by atoms with Gasteiger partial charge in [0, 0.05) is 11.8 Å². The molecule has 0 N–H and O–H groups in total. The van der Waals surface area contributed by atoms with E-state index in [1.807, 2.05) is 30.3 Å². The number of benzene rings is 1. The number of esters is 1. The van der Waals surface area contributed by atoms with Crippen molar-refractivity contribution in [1.82, 2.24) is 14.0 Å². The second-order valence-electron chi connectivity index (χ2n) is 5.90.